The molecular formula is C24H26F3N5O. The zero-order valence-electron chi connectivity index (χ0n) is 18.4. The predicted octanol–water partition coefficient (Wildman–Crippen LogP) is 4.43. The van der Waals surface area contributed by atoms with E-state index in [1.165, 1.54) is 6.92 Å². The number of benzene rings is 1. The normalized spacial score (nSPS) is 14.8. The summed E-state index contributed by atoms with van der Waals surface area (Å²) >= 11 is 0. The maximum Gasteiger partial charge on any atom is 0.422 e. The standard InChI is InChI=1S/C24H26F3N5O/c1-4-7-8-17(5-2)20-12-18(13-28)31-21-11-16(9-10-19(20)21)14-32(30)15-22(29)23(33,6-3)24(25,26)27/h4-5,7-12,15,33H,2,6,14,29-30H2,1,3H3/b7-4-,17-8+,22-15-. The smallest absolute Gasteiger partial charge is 0.398 e. The number of aromatic nitrogens is 1. The monoisotopic (exact) mass is 457 g/mol. The number of hydrazine groups is 1. The lowest BCUT2D eigenvalue weighted by Gasteiger charge is -2.30. The van der Waals surface area contributed by atoms with E-state index < -0.39 is 23.9 Å². The highest BCUT2D eigenvalue weighted by Gasteiger charge is 2.54. The fraction of sp³-hybridized carbons (Fsp3) is 0.250. The highest BCUT2D eigenvalue weighted by Crippen LogP contribution is 2.36. The maximum absolute atomic E-state index is 13.2. The van der Waals surface area contributed by atoms with Crippen molar-refractivity contribution in [1.29, 1.82) is 5.26 Å². The van der Waals surface area contributed by atoms with Gasteiger partial charge in [0.25, 0.3) is 0 Å². The lowest BCUT2D eigenvalue weighted by atomic mass is 9.96. The molecule has 0 aliphatic carbocycles. The molecule has 0 aliphatic rings. The van der Waals surface area contributed by atoms with Crippen LogP contribution in [0.3, 0.4) is 0 Å². The highest BCUT2D eigenvalue weighted by atomic mass is 19.4. The molecule has 1 heterocycles. The van der Waals surface area contributed by atoms with E-state index in [1.54, 1.807) is 30.3 Å². The summed E-state index contributed by atoms with van der Waals surface area (Å²) in [5.74, 6) is 5.85. The van der Waals surface area contributed by atoms with Crippen LogP contribution in [-0.4, -0.2) is 26.9 Å². The molecule has 174 valence electrons. The molecule has 2 aromatic rings. The molecule has 0 fully saturated rings. The molecular weight excluding hydrogens is 431 g/mol. The molecule has 5 N–H and O–H groups in total. The van der Waals surface area contributed by atoms with Crippen LogP contribution in [-0.2, 0) is 6.54 Å². The van der Waals surface area contributed by atoms with E-state index in [9.17, 15) is 23.5 Å². The molecule has 0 amide bonds. The molecule has 1 unspecified atom stereocenters. The fourth-order valence-corrected chi connectivity index (χ4v) is 3.25. The summed E-state index contributed by atoms with van der Waals surface area (Å²) in [6, 6.07) is 8.93. The SMILES string of the molecule is C=C/C(=C\C=C/C)c1cc(C#N)nc2cc(CN(N)/C=C(\N)C(O)(CC)C(F)(F)F)ccc12. The third-order valence-electron chi connectivity index (χ3n) is 5.12. The molecule has 0 radical (unpaired) electrons. The molecule has 1 aromatic heterocycles. The third kappa shape index (κ3) is 5.61. The molecule has 0 bridgehead atoms. The number of fused-ring (bicyclic) bond motifs is 1. The zero-order valence-corrected chi connectivity index (χ0v) is 18.4. The first kappa shape index (κ1) is 25.6. The fourth-order valence-electron chi connectivity index (χ4n) is 3.25. The van der Waals surface area contributed by atoms with Crippen LogP contribution in [0.5, 0.6) is 0 Å². The van der Waals surface area contributed by atoms with Crippen molar-refractivity contribution in [3.63, 3.8) is 0 Å². The lowest BCUT2D eigenvalue weighted by Crippen LogP contribution is -2.49. The first-order valence-electron chi connectivity index (χ1n) is 10.1. The Morgan fingerprint density at radius 3 is 2.58 bits per heavy atom. The second-order valence-electron chi connectivity index (χ2n) is 7.34. The minimum atomic E-state index is -4.94. The summed E-state index contributed by atoms with van der Waals surface area (Å²) in [5, 5.41) is 21.1. The molecule has 1 aromatic carbocycles. The van der Waals surface area contributed by atoms with Crippen LogP contribution in [0.15, 0.2) is 67.0 Å². The lowest BCUT2D eigenvalue weighted by molar-refractivity contribution is -0.245. The molecule has 0 aliphatic heterocycles. The molecule has 6 nitrogen and oxygen atoms in total. The molecule has 0 saturated heterocycles. The number of alkyl halides is 3. The van der Waals surface area contributed by atoms with Gasteiger partial charge in [-0.2, -0.15) is 18.4 Å². The Morgan fingerprint density at radius 2 is 2.03 bits per heavy atom. The summed E-state index contributed by atoms with van der Waals surface area (Å²) in [6.45, 7) is 6.88. The molecule has 0 saturated carbocycles. The van der Waals surface area contributed by atoms with E-state index >= 15 is 0 Å². The first-order valence-corrected chi connectivity index (χ1v) is 10.1. The minimum Gasteiger partial charge on any atom is -0.398 e. The van der Waals surface area contributed by atoms with Gasteiger partial charge < -0.3 is 15.8 Å². The average Bonchev–Trinajstić information content (AvgIpc) is 2.77. The number of pyridine rings is 1. The van der Waals surface area contributed by atoms with Gasteiger partial charge in [0, 0.05) is 11.6 Å². The van der Waals surface area contributed by atoms with Crippen molar-refractivity contribution < 1.29 is 18.3 Å². The molecule has 9 heteroatoms. The number of nitriles is 1. The van der Waals surface area contributed by atoms with Crippen LogP contribution in [0, 0.1) is 11.3 Å². The summed E-state index contributed by atoms with van der Waals surface area (Å²) in [6.07, 6.45) is 2.52. The largest absolute Gasteiger partial charge is 0.422 e. The number of nitrogens with two attached hydrogens (primary N) is 2. The zero-order chi connectivity index (χ0) is 24.8. The Kier molecular flexibility index (Phi) is 8.03. The van der Waals surface area contributed by atoms with E-state index in [1.807, 2.05) is 31.2 Å². The van der Waals surface area contributed by atoms with Crippen LogP contribution in [0.1, 0.15) is 37.1 Å². The Balaban J connectivity index is 2.46. The van der Waals surface area contributed by atoms with Crippen LogP contribution in [0.4, 0.5) is 13.2 Å². The van der Waals surface area contributed by atoms with E-state index in [0.717, 1.165) is 27.7 Å². The second-order valence-corrected chi connectivity index (χ2v) is 7.34. The van der Waals surface area contributed by atoms with Gasteiger partial charge in [-0.05, 0) is 42.2 Å². The molecule has 2 rings (SSSR count). The Bertz CT molecular complexity index is 1160. The second kappa shape index (κ2) is 10.3. The maximum atomic E-state index is 13.2. The van der Waals surface area contributed by atoms with Gasteiger partial charge in [-0.15, -0.1) is 0 Å². The number of aliphatic hydroxyl groups is 1. The van der Waals surface area contributed by atoms with E-state index in [-0.39, 0.29) is 12.2 Å². The Labute approximate surface area is 190 Å². The minimum absolute atomic E-state index is 0.00911. The van der Waals surface area contributed by atoms with Gasteiger partial charge in [0.05, 0.1) is 17.8 Å². The number of halogens is 3. The number of hydrogen-bond acceptors (Lipinski definition) is 6. The van der Waals surface area contributed by atoms with Crippen molar-refractivity contribution in [1.82, 2.24) is 9.99 Å². The topological polar surface area (TPSA) is 112 Å². The van der Waals surface area contributed by atoms with Crippen LogP contribution < -0.4 is 11.6 Å². The van der Waals surface area contributed by atoms with E-state index in [2.05, 4.69) is 11.6 Å². The molecule has 1 atom stereocenters. The number of hydrogen-bond donors (Lipinski definition) is 3. The predicted molar refractivity (Wildman–Crippen MR) is 123 cm³/mol. The van der Waals surface area contributed by atoms with Gasteiger partial charge in [0.1, 0.15) is 11.8 Å². The number of nitrogens with zero attached hydrogens (tertiary/aromatic N) is 3. The quantitative estimate of drug-likeness (QED) is 0.307. The summed E-state index contributed by atoms with van der Waals surface area (Å²) in [4.78, 5) is 4.34. The van der Waals surface area contributed by atoms with Gasteiger partial charge in [-0.1, -0.05) is 49.9 Å². The van der Waals surface area contributed by atoms with Crippen LogP contribution in [0.2, 0.25) is 0 Å². The highest BCUT2D eigenvalue weighted by molar-refractivity contribution is 5.95. The van der Waals surface area contributed by atoms with Crippen molar-refractivity contribution in [2.75, 3.05) is 0 Å². The Hall–Kier alpha value is -3.61. The van der Waals surface area contributed by atoms with Crippen molar-refractivity contribution >= 4 is 16.5 Å². The average molecular weight is 458 g/mol. The first-order chi connectivity index (χ1) is 15.5. The molecule has 0 spiro atoms. The van der Waals surface area contributed by atoms with E-state index in [0.29, 0.717) is 11.1 Å². The van der Waals surface area contributed by atoms with Gasteiger partial charge in [0.15, 0.2) is 0 Å². The summed E-state index contributed by atoms with van der Waals surface area (Å²) in [7, 11) is 0. The van der Waals surface area contributed by atoms with Crippen LogP contribution in [0.25, 0.3) is 16.5 Å². The van der Waals surface area contributed by atoms with Gasteiger partial charge in [-0.25, -0.2) is 10.8 Å². The third-order valence-corrected chi connectivity index (χ3v) is 5.12. The van der Waals surface area contributed by atoms with Gasteiger partial charge in [-0.3, -0.25) is 0 Å². The summed E-state index contributed by atoms with van der Waals surface area (Å²) < 4.78 is 39.6. The van der Waals surface area contributed by atoms with Crippen molar-refractivity contribution in [3.8, 4) is 6.07 Å². The van der Waals surface area contributed by atoms with Crippen molar-refractivity contribution in [2.45, 2.75) is 38.6 Å². The van der Waals surface area contributed by atoms with Crippen molar-refractivity contribution in [2.24, 2.45) is 11.6 Å². The Morgan fingerprint density at radius 1 is 1.33 bits per heavy atom. The van der Waals surface area contributed by atoms with E-state index in [4.69, 9.17) is 11.6 Å². The van der Waals surface area contributed by atoms with Gasteiger partial charge >= 0.3 is 6.18 Å². The number of allylic oxidation sites excluding steroid dienone is 5. The molecule has 33 heavy (non-hydrogen) atoms. The van der Waals surface area contributed by atoms with Crippen LogP contribution >= 0.6 is 0 Å². The van der Waals surface area contributed by atoms with Gasteiger partial charge in [0.2, 0.25) is 5.60 Å². The number of rotatable bonds is 8. The van der Waals surface area contributed by atoms with Crippen molar-refractivity contribution in [3.05, 3.63) is 83.9 Å². The summed E-state index contributed by atoms with van der Waals surface area (Å²) in [5.41, 5.74) is 4.46.